The van der Waals surface area contributed by atoms with E-state index < -0.39 is 11.7 Å². The molecule has 0 bridgehead atoms. The maximum atomic E-state index is 12.8. The fourth-order valence-electron chi connectivity index (χ4n) is 3.16. The van der Waals surface area contributed by atoms with Gasteiger partial charge in [0.2, 0.25) is 5.89 Å². The Hall–Kier alpha value is -2.49. The fourth-order valence-corrected chi connectivity index (χ4v) is 3.44. The second-order valence-corrected chi connectivity index (χ2v) is 7.45. The molecule has 1 aliphatic rings. The molecule has 0 saturated carbocycles. The first-order chi connectivity index (χ1) is 14.2. The Balaban J connectivity index is 1.64. The molecule has 30 heavy (non-hydrogen) atoms. The number of nitrogens with one attached hydrogen (secondary N) is 2. The van der Waals surface area contributed by atoms with Gasteiger partial charge in [-0.1, -0.05) is 11.6 Å². The molecule has 164 valence electrons. The minimum Gasteiger partial charge on any atom is -0.444 e. The van der Waals surface area contributed by atoms with E-state index in [-0.39, 0.29) is 11.1 Å². The SMILES string of the molecule is CCNC(=NCc1nc(C)c(C)o1)NC1CCN(c2ncc(C(F)(F)F)cc2Cl)C1. The highest BCUT2D eigenvalue weighted by atomic mass is 35.5. The average Bonchev–Trinajstić information content (AvgIpc) is 3.25. The number of rotatable bonds is 5. The van der Waals surface area contributed by atoms with Gasteiger partial charge in [0, 0.05) is 31.9 Å². The Kier molecular flexibility index (Phi) is 6.74. The van der Waals surface area contributed by atoms with Crippen molar-refractivity contribution in [2.75, 3.05) is 24.5 Å². The molecule has 7 nitrogen and oxygen atoms in total. The molecule has 11 heteroatoms. The Morgan fingerprint density at radius 1 is 1.40 bits per heavy atom. The zero-order chi connectivity index (χ0) is 21.9. The van der Waals surface area contributed by atoms with Crippen molar-refractivity contribution in [1.82, 2.24) is 20.6 Å². The van der Waals surface area contributed by atoms with Gasteiger partial charge in [-0.15, -0.1) is 0 Å². The normalized spacial score (nSPS) is 17.5. The van der Waals surface area contributed by atoms with Gasteiger partial charge in [0.1, 0.15) is 18.1 Å². The van der Waals surface area contributed by atoms with Crippen LogP contribution < -0.4 is 15.5 Å². The smallest absolute Gasteiger partial charge is 0.417 e. The molecule has 3 heterocycles. The quantitative estimate of drug-likeness (QED) is 0.541. The highest BCUT2D eigenvalue weighted by Gasteiger charge is 2.33. The van der Waals surface area contributed by atoms with Crippen LogP contribution in [-0.2, 0) is 12.7 Å². The summed E-state index contributed by atoms with van der Waals surface area (Å²) in [5.74, 6) is 2.27. The lowest BCUT2D eigenvalue weighted by molar-refractivity contribution is -0.137. The molecule has 1 unspecified atom stereocenters. The molecule has 0 spiro atoms. The first kappa shape index (κ1) is 22.2. The van der Waals surface area contributed by atoms with E-state index in [1.165, 1.54) is 0 Å². The van der Waals surface area contributed by atoms with Crippen LogP contribution in [0.15, 0.2) is 21.7 Å². The monoisotopic (exact) mass is 444 g/mol. The highest BCUT2D eigenvalue weighted by Crippen LogP contribution is 2.34. The van der Waals surface area contributed by atoms with Crippen LogP contribution in [0.3, 0.4) is 0 Å². The minimum atomic E-state index is -4.47. The van der Waals surface area contributed by atoms with Gasteiger partial charge in [-0.3, -0.25) is 0 Å². The van der Waals surface area contributed by atoms with E-state index in [0.717, 1.165) is 30.1 Å². The number of guanidine groups is 1. The van der Waals surface area contributed by atoms with Crippen molar-refractivity contribution in [2.45, 2.75) is 46.0 Å². The van der Waals surface area contributed by atoms with Crippen molar-refractivity contribution in [3.05, 3.63) is 40.2 Å². The number of hydrogen-bond donors (Lipinski definition) is 2. The van der Waals surface area contributed by atoms with Gasteiger partial charge in [-0.25, -0.2) is 15.0 Å². The number of hydrogen-bond acceptors (Lipinski definition) is 5. The first-order valence-electron chi connectivity index (χ1n) is 9.62. The summed E-state index contributed by atoms with van der Waals surface area (Å²) in [6.07, 6.45) is -2.89. The Bertz CT molecular complexity index is 895. The average molecular weight is 445 g/mol. The molecule has 0 aliphatic carbocycles. The van der Waals surface area contributed by atoms with E-state index in [2.05, 4.69) is 25.6 Å². The van der Waals surface area contributed by atoms with Crippen LogP contribution in [0.5, 0.6) is 0 Å². The number of aryl methyl sites for hydroxylation is 2. The maximum Gasteiger partial charge on any atom is 0.417 e. The van der Waals surface area contributed by atoms with Crippen molar-refractivity contribution >= 4 is 23.4 Å². The zero-order valence-corrected chi connectivity index (χ0v) is 17.7. The third-order valence-corrected chi connectivity index (χ3v) is 5.05. The van der Waals surface area contributed by atoms with Crippen molar-refractivity contribution < 1.29 is 17.6 Å². The van der Waals surface area contributed by atoms with Gasteiger partial charge in [0.05, 0.1) is 16.3 Å². The number of oxazole rings is 1. The van der Waals surface area contributed by atoms with Crippen molar-refractivity contribution in [3.8, 4) is 0 Å². The van der Waals surface area contributed by atoms with Crippen LogP contribution in [0.2, 0.25) is 5.02 Å². The molecule has 1 saturated heterocycles. The fraction of sp³-hybridized carbons (Fsp3) is 0.526. The number of alkyl halides is 3. The van der Waals surface area contributed by atoms with E-state index in [1.54, 1.807) is 0 Å². The molecular formula is C19H24ClF3N6O. The molecule has 0 amide bonds. The Morgan fingerprint density at radius 2 is 2.17 bits per heavy atom. The lowest BCUT2D eigenvalue weighted by Gasteiger charge is -2.21. The number of anilines is 1. The largest absolute Gasteiger partial charge is 0.444 e. The predicted octanol–water partition coefficient (Wildman–Crippen LogP) is 3.69. The second kappa shape index (κ2) is 9.11. The summed E-state index contributed by atoms with van der Waals surface area (Å²) in [6, 6.07) is 0.951. The molecule has 1 fully saturated rings. The van der Waals surface area contributed by atoms with Crippen molar-refractivity contribution in [1.29, 1.82) is 0 Å². The number of pyridine rings is 1. The van der Waals surface area contributed by atoms with E-state index in [4.69, 9.17) is 16.0 Å². The van der Waals surface area contributed by atoms with Crippen LogP contribution in [0.4, 0.5) is 19.0 Å². The highest BCUT2D eigenvalue weighted by molar-refractivity contribution is 6.33. The summed E-state index contributed by atoms with van der Waals surface area (Å²) in [4.78, 5) is 14.6. The first-order valence-corrected chi connectivity index (χ1v) is 10.0. The standard InChI is InChI=1S/C19H24ClF3N6O/c1-4-24-18(26-9-16-27-11(2)12(3)30-16)28-14-5-6-29(10-14)17-15(20)7-13(8-25-17)19(21,22)23/h7-8,14H,4-6,9-10H2,1-3H3,(H2,24,26,28). The molecule has 2 aromatic heterocycles. The van der Waals surface area contributed by atoms with Crippen LogP contribution in [0, 0.1) is 13.8 Å². The summed E-state index contributed by atoms with van der Waals surface area (Å²) >= 11 is 6.07. The van der Waals surface area contributed by atoms with Crippen molar-refractivity contribution in [2.24, 2.45) is 4.99 Å². The molecule has 0 aromatic carbocycles. The van der Waals surface area contributed by atoms with E-state index in [1.807, 2.05) is 25.7 Å². The predicted molar refractivity (Wildman–Crippen MR) is 109 cm³/mol. The summed E-state index contributed by atoms with van der Waals surface area (Å²) in [5.41, 5.74) is -0.0192. The van der Waals surface area contributed by atoms with E-state index in [9.17, 15) is 13.2 Å². The molecule has 0 radical (unpaired) electrons. The second-order valence-electron chi connectivity index (χ2n) is 7.05. The summed E-state index contributed by atoms with van der Waals surface area (Å²) in [7, 11) is 0. The lowest BCUT2D eigenvalue weighted by Crippen LogP contribution is -2.44. The van der Waals surface area contributed by atoms with Crippen LogP contribution in [0.25, 0.3) is 0 Å². The van der Waals surface area contributed by atoms with Gasteiger partial charge in [0.25, 0.3) is 0 Å². The maximum absolute atomic E-state index is 12.8. The topological polar surface area (TPSA) is 78.6 Å². The number of nitrogens with zero attached hydrogens (tertiary/aromatic N) is 4. The molecular weight excluding hydrogens is 421 g/mol. The molecule has 1 aliphatic heterocycles. The summed E-state index contributed by atoms with van der Waals surface area (Å²) in [6.45, 7) is 7.83. The Labute approximate surface area is 177 Å². The minimum absolute atomic E-state index is 0.0133. The van der Waals surface area contributed by atoms with Gasteiger partial charge < -0.3 is 20.0 Å². The summed E-state index contributed by atoms with van der Waals surface area (Å²) < 4.78 is 44.0. The number of aromatic nitrogens is 2. The number of aliphatic imine (C=N–C) groups is 1. The third kappa shape index (κ3) is 5.35. The van der Waals surface area contributed by atoms with E-state index >= 15 is 0 Å². The summed E-state index contributed by atoms with van der Waals surface area (Å²) in [5, 5.41) is 6.50. The van der Waals surface area contributed by atoms with Crippen molar-refractivity contribution in [3.63, 3.8) is 0 Å². The van der Waals surface area contributed by atoms with Gasteiger partial charge in [-0.05, 0) is 33.3 Å². The molecule has 1 atom stereocenters. The number of halogens is 4. The molecule has 2 aromatic rings. The lowest BCUT2D eigenvalue weighted by atomic mass is 10.2. The van der Waals surface area contributed by atoms with Crippen LogP contribution >= 0.6 is 11.6 Å². The van der Waals surface area contributed by atoms with E-state index in [0.29, 0.717) is 43.8 Å². The third-order valence-electron chi connectivity index (χ3n) is 4.77. The molecule has 2 N–H and O–H groups in total. The van der Waals surface area contributed by atoms with Gasteiger partial charge in [-0.2, -0.15) is 13.2 Å². The Morgan fingerprint density at radius 3 is 2.77 bits per heavy atom. The van der Waals surface area contributed by atoms with Gasteiger partial charge in [0.15, 0.2) is 5.96 Å². The van der Waals surface area contributed by atoms with Gasteiger partial charge >= 0.3 is 6.18 Å². The molecule has 3 rings (SSSR count). The van der Waals surface area contributed by atoms with Crippen LogP contribution in [-0.4, -0.2) is 41.6 Å². The zero-order valence-electron chi connectivity index (χ0n) is 17.0. The van der Waals surface area contributed by atoms with Crippen LogP contribution in [0.1, 0.15) is 36.3 Å².